The number of hydrogen-bond donors (Lipinski definition) is 2. The molecule has 1 saturated carbocycles. The summed E-state index contributed by atoms with van der Waals surface area (Å²) in [4.78, 5) is 19.4. The summed E-state index contributed by atoms with van der Waals surface area (Å²) in [6, 6.07) is 8.38. The highest BCUT2D eigenvalue weighted by Gasteiger charge is 2.63. The van der Waals surface area contributed by atoms with Crippen LogP contribution in [0, 0.1) is 5.41 Å². The van der Waals surface area contributed by atoms with Crippen molar-refractivity contribution in [1.82, 2.24) is 19.7 Å². The van der Waals surface area contributed by atoms with Crippen LogP contribution in [0.4, 0.5) is 13.2 Å². The minimum atomic E-state index is -4.29. The minimum absolute atomic E-state index is 0. The molecule has 1 aromatic carbocycles. The Hall–Kier alpha value is -2.94. The van der Waals surface area contributed by atoms with Crippen LogP contribution in [-0.2, 0) is 12.0 Å². The van der Waals surface area contributed by atoms with Crippen LogP contribution < -0.4 is 0 Å². The van der Waals surface area contributed by atoms with Gasteiger partial charge in [-0.1, -0.05) is 19.6 Å². The average Bonchev–Trinajstić information content (AvgIpc) is 3.09. The summed E-state index contributed by atoms with van der Waals surface area (Å²) in [6.07, 6.45) is 0.221. The number of alkyl halides is 3. The molecule has 0 unspecified atom stereocenters. The number of benzene rings is 1. The Kier molecular flexibility index (Phi) is 5.36. The highest BCUT2D eigenvalue weighted by Crippen LogP contribution is 2.59. The lowest BCUT2D eigenvalue weighted by molar-refractivity contribution is -0.186. The second kappa shape index (κ2) is 7.39. The van der Waals surface area contributed by atoms with Gasteiger partial charge in [-0.3, -0.25) is 4.79 Å². The molecule has 0 amide bonds. The fourth-order valence-electron chi connectivity index (χ4n) is 3.36. The van der Waals surface area contributed by atoms with Gasteiger partial charge in [-0.25, -0.2) is 9.67 Å². The van der Waals surface area contributed by atoms with Crippen molar-refractivity contribution in [3.8, 4) is 5.69 Å². The summed E-state index contributed by atoms with van der Waals surface area (Å²) < 4.78 is 41.1. The van der Waals surface area contributed by atoms with Crippen molar-refractivity contribution in [3.05, 3.63) is 66.0 Å². The van der Waals surface area contributed by atoms with E-state index in [9.17, 15) is 23.1 Å². The van der Waals surface area contributed by atoms with Gasteiger partial charge in [0, 0.05) is 30.7 Å². The predicted molar refractivity (Wildman–Crippen MR) is 104 cm³/mol. The normalized spacial score (nSPS) is 17.1. The maximum Gasteiger partial charge on any atom is 0.394 e. The highest BCUT2D eigenvalue weighted by molar-refractivity contribution is 5.99. The lowest BCUT2D eigenvalue weighted by atomic mass is 9.91. The first-order valence-corrected chi connectivity index (χ1v) is 9.11. The summed E-state index contributed by atoms with van der Waals surface area (Å²) in [5.41, 5.74) is -2.30. The van der Waals surface area contributed by atoms with E-state index in [1.54, 1.807) is 47.4 Å². The van der Waals surface area contributed by atoms with Crippen molar-refractivity contribution in [2.45, 2.75) is 45.4 Å². The van der Waals surface area contributed by atoms with Gasteiger partial charge in [-0.05, 0) is 43.5 Å². The number of hydrogen-bond acceptors (Lipinski definition) is 4. The van der Waals surface area contributed by atoms with Gasteiger partial charge in [0.05, 0.1) is 11.1 Å². The molecular formula is C21H23F3N4O2. The van der Waals surface area contributed by atoms with Gasteiger partial charge >= 0.3 is 6.18 Å². The number of ketones is 1. The zero-order valence-corrected chi connectivity index (χ0v) is 15.6. The fourth-order valence-corrected chi connectivity index (χ4v) is 3.36. The van der Waals surface area contributed by atoms with Crippen LogP contribution >= 0.6 is 0 Å². The number of H-pyrrole nitrogens is 1. The van der Waals surface area contributed by atoms with Crippen molar-refractivity contribution < 1.29 is 23.1 Å². The number of rotatable bonds is 6. The van der Waals surface area contributed by atoms with Gasteiger partial charge in [0.15, 0.2) is 11.4 Å². The highest BCUT2D eigenvalue weighted by atomic mass is 19.4. The molecule has 1 aliphatic carbocycles. The second-order valence-electron chi connectivity index (χ2n) is 7.61. The van der Waals surface area contributed by atoms with Gasteiger partial charge in [0.2, 0.25) is 5.78 Å². The van der Waals surface area contributed by atoms with Gasteiger partial charge in [-0.15, -0.1) is 0 Å². The Balaban J connectivity index is 0.00000256. The Labute approximate surface area is 171 Å². The van der Waals surface area contributed by atoms with Gasteiger partial charge in [0.1, 0.15) is 0 Å². The molecule has 3 aromatic rings. The van der Waals surface area contributed by atoms with E-state index >= 15 is 0 Å². The van der Waals surface area contributed by atoms with Crippen LogP contribution in [0.3, 0.4) is 0 Å². The van der Waals surface area contributed by atoms with Crippen LogP contribution in [0.2, 0.25) is 0 Å². The van der Waals surface area contributed by atoms with E-state index in [0.717, 1.165) is 5.69 Å². The number of Topliss-reactive ketones (excluding diaryl/α,β-unsaturated/α-hetero) is 1. The Morgan fingerprint density at radius 2 is 1.93 bits per heavy atom. The van der Waals surface area contributed by atoms with E-state index in [-0.39, 0.29) is 38.2 Å². The maximum absolute atomic E-state index is 13.1. The third kappa shape index (κ3) is 3.77. The molecule has 0 bridgehead atoms. The van der Waals surface area contributed by atoms with E-state index in [4.69, 9.17) is 0 Å². The van der Waals surface area contributed by atoms with Crippen LogP contribution in [0.5, 0.6) is 0 Å². The molecule has 1 fully saturated rings. The lowest BCUT2D eigenvalue weighted by Gasteiger charge is -2.21. The summed E-state index contributed by atoms with van der Waals surface area (Å²) in [7, 11) is 0. The number of aromatic amines is 1. The molecule has 2 heterocycles. The van der Waals surface area contributed by atoms with Crippen LogP contribution in [-0.4, -0.2) is 36.8 Å². The van der Waals surface area contributed by atoms with Crippen LogP contribution in [0.1, 0.15) is 49.1 Å². The number of carbonyl (C=O) groups excluding carboxylic acids is 1. The molecule has 0 radical (unpaired) electrons. The van der Waals surface area contributed by atoms with Crippen molar-refractivity contribution in [2.75, 3.05) is 0 Å². The second-order valence-corrected chi connectivity index (χ2v) is 7.61. The molecule has 1 aliphatic rings. The quantitative estimate of drug-likeness (QED) is 0.585. The molecule has 1 atom stereocenters. The number of aromatic nitrogens is 4. The first kappa shape index (κ1) is 21.8. The third-order valence-corrected chi connectivity index (χ3v) is 5.47. The van der Waals surface area contributed by atoms with Crippen molar-refractivity contribution in [3.63, 3.8) is 0 Å². The SMILES string of the molecule is C.C[C@@](O)(C(=O)c1ncc(CC2(C(F)(F)F)CC2)[nH]1)c1ccc(-n2cccn2)cc1. The number of nitrogens with one attached hydrogen (secondary N) is 1. The first-order valence-electron chi connectivity index (χ1n) is 9.11. The lowest BCUT2D eigenvalue weighted by Crippen LogP contribution is -2.33. The van der Waals surface area contributed by atoms with Gasteiger partial charge in [-0.2, -0.15) is 18.3 Å². The zero-order chi connectivity index (χ0) is 20.9. The molecule has 2 N–H and O–H groups in total. The van der Waals surface area contributed by atoms with E-state index < -0.39 is 23.0 Å². The Morgan fingerprint density at radius 3 is 2.47 bits per heavy atom. The minimum Gasteiger partial charge on any atom is -0.377 e. The summed E-state index contributed by atoms with van der Waals surface area (Å²) in [6.45, 7) is 1.33. The largest absolute Gasteiger partial charge is 0.394 e. The molecule has 160 valence electrons. The molecule has 9 heteroatoms. The predicted octanol–water partition coefficient (Wildman–Crippen LogP) is 4.21. The molecule has 6 nitrogen and oxygen atoms in total. The third-order valence-electron chi connectivity index (χ3n) is 5.47. The zero-order valence-electron chi connectivity index (χ0n) is 15.6. The maximum atomic E-state index is 13.1. The van der Waals surface area contributed by atoms with Crippen molar-refractivity contribution in [1.29, 1.82) is 0 Å². The van der Waals surface area contributed by atoms with E-state index in [1.165, 1.54) is 13.1 Å². The standard InChI is InChI=1S/C20H19F3N4O2.CH4/c1-18(29,13-3-5-15(6-4-13)27-10-2-9-25-27)16(28)17-24-12-14(26-17)11-19(7-8-19)20(21,22)23;/h2-6,9-10,12,29H,7-8,11H2,1H3,(H,24,26);1H4/t18-;/m0./s1. The summed E-state index contributed by atoms with van der Waals surface area (Å²) in [5, 5.41) is 14.9. The molecule has 4 rings (SSSR count). The Bertz CT molecular complexity index is 1020. The topological polar surface area (TPSA) is 83.8 Å². The molecule has 0 saturated heterocycles. The van der Waals surface area contributed by atoms with E-state index in [0.29, 0.717) is 5.56 Å². The molecule has 2 aromatic heterocycles. The van der Waals surface area contributed by atoms with E-state index in [2.05, 4.69) is 15.1 Å². The van der Waals surface area contributed by atoms with Crippen LogP contribution in [0.25, 0.3) is 5.69 Å². The smallest absolute Gasteiger partial charge is 0.377 e. The molecule has 0 aliphatic heterocycles. The Morgan fingerprint density at radius 1 is 1.27 bits per heavy atom. The molecule has 0 spiro atoms. The van der Waals surface area contributed by atoms with Gasteiger partial charge in [0.25, 0.3) is 0 Å². The monoisotopic (exact) mass is 420 g/mol. The van der Waals surface area contributed by atoms with Crippen LogP contribution in [0.15, 0.2) is 48.9 Å². The van der Waals surface area contributed by atoms with Crippen molar-refractivity contribution >= 4 is 5.78 Å². The number of carbonyl (C=O) groups is 1. The molecular weight excluding hydrogens is 397 g/mol. The van der Waals surface area contributed by atoms with Crippen molar-refractivity contribution in [2.24, 2.45) is 5.41 Å². The van der Waals surface area contributed by atoms with E-state index in [1.807, 2.05) is 0 Å². The number of imidazole rings is 1. The average molecular weight is 420 g/mol. The molecule has 30 heavy (non-hydrogen) atoms. The number of nitrogens with zero attached hydrogens (tertiary/aromatic N) is 3. The van der Waals surface area contributed by atoms with Gasteiger partial charge < -0.3 is 10.1 Å². The fraction of sp³-hybridized carbons (Fsp3) is 0.381. The number of aliphatic hydroxyl groups is 1. The number of halogens is 3. The first-order chi connectivity index (χ1) is 13.6. The summed E-state index contributed by atoms with van der Waals surface area (Å²) >= 11 is 0. The summed E-state index contributed by atoms with van der Waals surface area (Å²) in [5.74, 6) is -0.883.